The number of hydrogen-bond donors (Lipinski definition) is 2. The standard InChI is InChI=1S/C11H8FN3O5/c1-20-10-6(2-5(15(18)19)3-7(10)12)8-4-9(11(16)17)14-13-8/h2-4H,1H3,(H,13,14)(H,16,17). The van der Waals surface area contributed by atoms with E-state index in [1.54, 1.807) is 0 Å². The van der Waals surface area contributed by atoms with Gasteiger partial charge in [-0.2, -0.15) is 5.10 Å². The van der Waals surface area contributed by atoms with E-state index in [4.69, 9.17) is 9.84 Å². The highest BCUT2D eigenvalue weighted by Gasteiger charge is 2.21. The minimum absolute atomic E-state index is 0.0112. The molecule has 1 heterocycles. The number of non-ortho nitro benzene ring substituents is 1. The number of hydrogen-bond acceptors (Lipinski definition) is 5. The molecule has 0 saturated carbocycles. The summed E-state index contributed by atoms with van der Waals surface area (Å²) in [5.41, 5.74) is -0.697. The number of carboxylic acids is 1. The van der Waals surface area contributed by atoms with Crippen LogP contribution in [0.15, 0.2) is 18.2 Å². The number of nitrogens with zero attached hydrogens (tertiary/aromatic N) is 2. The Labute approximate surface area is 111 Å². The van der Waals surface area contributed by atoms with Gasteiger partial charge in [0, 0.05) is 6.07 Å². The Morgan fingerprint density at radius 3 is 2.70 bits per heavy atom. The first-order chi connectivity index (χ1) is 9.43. The van der Waals surface area contributed by atoms with E-state index in [0.29, 0.717) is 6.07 Å². The first-order valence-corrected chi connectivity index (χ1v) is 5.25. The van der Waals surface area contributed by atoms with E-state index in [9.17, 15) is 19.3 Å². The molecule has 2 N–H and O–H groups in total. The third-order valence-electron chi connectivity index (χ3n) is 2.53. The van der Waals surface area contributed by atoms with Gasteiger partial charge in [0.1, 0.15) is 5.69 Å². The fraction of sp³-hybridized carbons (Fsp3) is 0.0909. The Morgan fingerprint density at radius 1 is 1.50 bits per heavy atom. The number of nitro benzene ring substituents is 1. The summed E-state index contributed by atoms with van der Waals surface area (Å²) in [7, 11) is 1.19. The van der Waals surface area contributed by atoms with Gasteiger partial charge in [0.05, 0.1) is 29.4 Å². The van der Waals surface area contributed by atoms with Crippen LogP contribution in [0, 0.1) is 15.9 Å². The smallest absolute Gasteiger partial charge is 0.353 e. The second-order valence-electron chi connectivity index (χ2n) is 3.74. The predicted octanol–water partition coefficient (Wildman–Crippen LogP) is 1.83. The van der Waals surface area contributed by atoms with Gasteiger partial charge in [-0.05, 0) is 6.07 Å². The zero-order valence-electron chi connectivity index (χ0n) is 10.1. The number of carboxylic acid groups (broad SMARTS) is 1. The highest BCUT2D eigenvalue weighted by molar-refractivity contribution is 5.87. The molecule has 9 heteroatoms. The monoisotopic (exact) mass is 281 g/mol. The molecule has 1 aromatic heterocycles. The molecule has 0 aliphatic rings. The van der Waals surface area contributed by atoms with E-state index in [1.165, 1.54) is 7.11 Å². The molecule has 1 aromatic carbocycles. The largest absolute Gasteiger partial charge is 0.493 e. The Hall–Kier alpha value is -2.97. The summed E-state index contributed by atoms with van der Waals surface area (Å²) in [6.07, 6.45) is 0. The van der Waals surface area contributed by atoms with Crippen LogP contribution < -0.4 is 4.74 Å². The van der Waals surface area contributed by atoms with Crippen molar-refractivity contribution in [3.05, 3.63) is 39.8 Å². The number of nitrogens with one attached hydrogen (secondary N) is 1. The maximum absolute atomic E-state index is 13.7. The maximum Gasteiger partial charge on any atom is 0.353 e. The molecule has 0 spiro atoms. The molecular formula is C11H8FN3O5. The summed E-state index contributed by atoms with van der Waals surface area (Å²) >= 11 is 0. The molecule has 0 saturated heterocycles. The van der Waals surface area contributed by atoms with Crippen LogP contribution >= 0.6 is 0 Å². The van der Waals surface area contributed by atoms with Crippen LogP contribution in [0.5, 0.6) is 5.75 Å². The number of nitro groups is 1. The molecule has 0 fully saturated rings. The van der Waals surface area contributed by atoms with Crippen molar-refractivity contribution in [2.45, 2.75) is 0 Å². The molecular weight excluding hydrogens is 273 g/mol. The van der Waals surface area contributed by atoms with Crippen molar-refractivity contribution in [1.29, 1.82) is 0 Å². The van der Waals surface area contributed by atoms with Gasteiger partial charge < -0.3 is 9.84 Å². The summed E-state index contributed by atoms with van der Waals surface area (Å²) in [4.78, 5) is 20.7. The predicted molar refractivity (Wildman–Crippen MR) is 64.1 cm³/mol. The van der Waals surface area contributed by atoms with Gasteiger partial charge in [0.15, 0.2) is 11.6 Å². The van der Waals surface area contributed by atoms with Gasteiger partial charge in [-0.25, -0.2) is 9.18 Å². The number of aromatic carboxylic acids is 1. The van der Waals surface area contributed by atoms with Crippen molar-refractivity contribution >= 4 is 11.7 Å². The highest BCUT2D eigenvalue weighted by atomic mass is 19.1. The number of ether oxygens (including phenoxy) is 1. The molecule has 104 valence electrons. The number of benzene rings is 1. The lowest BCUT2D eigenvalue weighted by molar-refractivity contribution is -0.385. The third-order valence-corrected chi connectivity index (χ3v) is 2.53. The SMILES string of the molecule is COc1c(F)cc([N+](=O)[O-])cc1-c1cc(C(=O)O)[nH]n1. The van der Waals surface area contributed by atoms with Crippen LogP contribution in [-0.4, -0.2) is 33.3 Å². The van der Waals surface area contributed by atoms with E-state index in [2.05, 4.69) is 10.2 Å². The zero-order valence-corrected chi connectivity index (χ0v) is 10.1. The Bertz CT molecular complexity index is 697. The Balaban J connectivity index is 2.63. The molecule has 0 atom stereocenters. The summed E-state index contributed by atoms with van der Waals surface area (Å²) in [5, 5.41) is 25.4. The molecule has 0 bridgehead atoms. The number of H-pyrrole nitrogens is 1. The number of carbonyl (C=O) groups is 1. The topological polar surface area (TPSA) is 118 Å². The van der Waals surface area contributed by atoms with Crippen LogP contribution in [0.25, 0.3) is 11.3 Å². The van der Waals surface area contributed by atoms with Crippen LogP contribution in [0.3, 0.4) is 0 Å². The summed E-state index contributed by atoms with van der Waals surface area (Å²) in [6.45, 7) is 0. The van der Waals surface area contributed by atoms with Gasteiger partial charge in [-0.3, -0.25) is 15.2 Å². The van der Waals surface area contributed by atoms with Crippen molar-refractivity contribution in [2.75, 3.05) is 7.11 Å². The highest BCUT2D eigenvalue weighted by Crippen LogP contribution is 2.35. The average Bonchev–Trinajstić information content (AvgIpc) is 2.87. The van der Waals surface area contributed by atoms with Gasteiger partial charge in [0.2, 0.25) is 0 Å². The van der Waals surface area contributed by atoms with Crippen LogP contribution in [0.4, 0.5) is 10.1 Å². The average molecular weight is 281 g/mol. The second-order valence-corrected chi connectivity index (χ2v) is 3.74. The minimum Gasteiger partial charge on any atom is -0.493 e. The molecule has 8 nitrogen and oxygen atoms in total. The number of aromatic amines is 1. The number of rotatable bonds is 4. The van der Waals surface area contributed by atoms with Gasteiger partial charge >= 0.3 is 5.97 Å². The third kappa shape index (κ3) is 2.28. The van der Waals surface area contributed by atoms with E-state index in [-0.39, 0.29) is 22.7 Å². The number of methoxy groups -OCH3 is 1. The van der Waals surface area contributed by atoms with Crippen LogP contribution in [0.1, 0.15) is 10.5 Å². The van der Waals surface area contributed by atoms with Gasteiger partial charge in [-0.15, -0.1) is 0 Å². The quantitative estimate of drug-likeness (QED) is 0.651. The zero-order chi connectivity index (χ0) is 14.9. The van der Waals surface area contributed by atoms with E-state index >= 15 is 0 Å². The van der Waals surface area contributed by atoms with Crippen molar-refractivity contribution in [2.24, 2.45) is 0 Å². The maximum atomic E-state index is 13.7. The van der Waals surface area contributed by atoms with Crippen molar-refractivity contribution in [3.8, 4) is 17.0 Å². The Morgan fingerprint density at radius 2 is 2.20 bits per heavy atom. The second kappa shape index (κ2) is 4.96. The van der Waals surface area contributed by atoms with E-state index in [0.717, 1.165) is 12.1 Å². The lowest BCUT2D eigenvalue weighted by atomic mass is 10.1. The van der Waals surface area contributed by atoms with E-state index < -0.39 is 22.4 Å². The van der Waals surface area contributed by atoms with E-state index in [1.807, 2.05) is 0 Å². The first-order valence-electron chi connectivity index (χ1n) is 5.25. The van der Waals surface area contributed by atoms with Crippen molar-refractivity contribution < 1.29 is 24.0 Å². The molecule has 0 aliphatic heterocycles. The molecule has 0 radical (unpaired) electrons. The summed E-state index contributed by atoms with van der Waals surface area (Å²) in [6, 6.07) is 2.90. The molecule has 2 rings (SSSR count). The first kappa shape index (κ1) is 13.5. The lowest BCUT2D eigenvalue weighted by Crippen LogP contribution is -1.96. The fourth-order valence-electron chi connectivity index (χ4n) is 1.65. The summed E-state index contributed by atoms with van der Waals surface area (Å²) in [5.74, 6) is -2.44. The number of aromatic nitrogens is 2. The lowest BCUT2D eigenvalue weighted by Gasteiger charge is -2.07. The molecule has 0 aliphatic carbocycles. The molecule has 2 aromatic rings. The van der Waals surface area contributed by atoms with Crippen LogP contribution in [0.2, 0.25) is 0 Å². The molecule has 20 heavy (non-hydrogen) atoms. The fourth-order valence-corrected chi connectivity index (χ4v) is 1.65. The molecule has 0 amide bonds. The minimum atomic E-state index is -1.26. The molecule has 0 unspecified atom stereocenters. The number of halogens is 1. The van der Waals surface area contributed by atoms with Gasteiger partial charge in [-0.1, -0.05) is 0 Å². The normalized spacial score (nSPS) is 10.3. The van der Waals surface area contributed by atoms with Gasteiger partial charge in [0.25, 0.3) is 5.69 Å². The van der Waals surface area contributed by atoms with Crippen molar-refractivity contribution in [3.63, 3.8) is 0 Å². The van der Waals surface area contributed by atoms with Crippen LogP contribution in [-0.2, 0) is 0 Å². The van der Waals surface area contributed by atoms with Crippen molar-refractivity contribution in [1.82, 2.24) is 10.2 Å². The summed E-state index contributed by atoms with van der Waals surface area (Å²) < 4.78 is 18.6. The Kier molecular flexibility index (Phi) is 3.34.